The summed E-state index contributed by atoms with van der Waals surface area (Å²) >= 11 is 0. The van der Waals surface area contributed by atoms with Crippen LogP contribution in [-0.2, 0) is 6.42 Å². The topological polar surface area (TPSA) is 51.2 Å². The number of nitrogens with zero attached hydrogens (tertiary/aromatic N) is 2. The van der Waals surface area contributed by atoms with Crippen molar-refractivity contribution in [1.29, 1.82) is 0 Å². The number of phenolic OH excluding ortho intramolecular Hbond substituents is 1. The summed E-state index contributed by atoms with van der Waals surface area (Å²) in [5, 5.41) is 13.0. The summed E-state index contributed by atoms with van der Waals surface area (Å²) in [5.74, 6) is 0.866. The predicted octanol–water partition coefficient (Wildman–Crippen LogP) is 9.25. The number of para-hydroxylation sites is 4. The van der Waals surface area contributed by atoms with Gasteiger partial charge in [-0.15, -0.1) is 0 Å². The molecule has 7 rings (SSSR count). The van der Waals surface area contributed by atoms with E-state index in [-0.39, 0.29) is 5.75 Å². The van der Waals surface area contributed by atoms with Gasteiger partial charge < -0.3 is 9.52 Å². The average molecular weight is 519 g/mol. The van der Waals surface area contributed by atoms with Crippen molar-refractivity contribution >= 4 is 33.0 Å². The van der Waals surface area contributed by atoms with Crippen LogP contribution in [0.4, 0.5) is 0 Å². The van der Waals surface area contributed by atoms with E-state index in [2.05, 4.69) is 65.8 Å². The van der Waals surface area contributed by atoms with Gasteiger partial charge in [0.1, 0.15) is 22.7 Å². The number of allylic oxidation sites excluding steroid dienone is 3. The molecule has 2 aromatic heterocycles. The van der Waals surface area contributed by atoms with E-state index in [1.807, 2.05) is 60.7 Å². The third-order valence-electron chi connectivity index (χ3n) is 7.30. The maximum atomic E-state index is 10.8. The van der Waals surface area contributed by atoms with Crippen LogP contribution < -0.4 is 0 Å². The zero-order valence-corrected chi connectivity index (χ0v) is 21.8. The fourth-order valence-electron chi connectivity index (χ4n) is 5.50. The second kappa shape index (κ2) is 9.75. The average Bonchev–Trinajstić information content (AvgIpc) is 3.56. The highest BCUT2D eigenvalue weighted by atomic mass is 16.3. The molecule has 0 saturated carbocycles. The van der Waals surface area contributed by atoms with Crippen LogP contribution in [0.15, 0.2) is 138 Å². The maximum Gasteiger partial charge on any atom is 0.149 e. The quantitative estimate of drug-likeness (QED) is 0.223. The number of fused-ring (bicyclic) bond motifs is 4. The molecular formula is C36H26N2O2. The summed E-state index contributed by atoms with van der Waals surface area (Å²) < 4.78 is 8.60. The number of aromatic nitrogens is 2. The van der Waals surface area contributed by atoms with Crippen LogP contribution in [0.1, 0.15) is 5.56 Å². The highest BCUT2D eigenvalue weighted by Gasteiger charge is 2.21. The van der Waals surface area contributed by atoms with E-state index in [0.717, 1.165) is 56.2 Å². The molecule has 4 nitrogen and oxygen atoms in total. The fourth-order valence-corrected chi connectivity index (χ4v) is 5.50. The smallest absolute Gasteiger partial charge is 0.149 e. The zero-order chi connectivity index (χ0) is 27.1. The van der Waals surface area contributed by atoms with Crippen LogP contribution in [-0.4, -0.2) is 14.7 Å². The Balaban J connectivity index is 1.56. The molecule has 0 radical (unpaired) electrons. The van der Waals surface area contributed by atoms with E-state index < -0.39 is 0 Å². The van der Waals surface area contributed by atoms with Crippen molar-refractivity contribution in [3.8, 4) is 34.0 Å². The molecule has 5 aromatic carbocycles. The first kappa shape index (κ1) is 23.7. The fraction of sp³-hybridized carbons (Fsp3) is 0.0278. The van der Waals surface area contributed by atoms with Crippen LogP contribution in [0.5, 0.6) is 5.75 Å². The lowest BCUT2D eigenvalue weighted by molar-refractivity contribution is 0.477. The van der Waals surface area contributed by atoms with Gasteiger partial charge in [0.05, 0.1) is 16.6 Å². The van der Waals surface area contributed by atoms with Crippen LogP contribution >= 0.6 is 0 Å². The number of benzene rings is 5. The SMILES string of the molecule is C=C/C=C\Cc1cc(-c2cccc3c2nc(-c2ccccc2O)n3-c2ccccc2)c2oc3ccccc3c2c1. The van der Waals surface area contributed by atoms with Gasteiger partial charge in [-0.05, 0) is 60.5 Å². The van der Waals surface area contributed by atoms with Crippen LogP contribution in [0, 0.1) is 0 Å². The molecule has 0 aliphatic heterocycles. The normalized spacial score (nSPS) is 11.7. The first-order chi connectivity index (χ1) is 19.7. The van der Waals surface area contributed by atoms with Crippen molar-refractivity contribution in [2.75, 3.05) is 0 Å². The first-order valence-electron chi connectivity index (χ1n) is 13.3. The van der Waals surface area contributed by atoms with E-state index in [1.165, 1.54) is 5.56 Å². The van der Waals surface area contributed by atoms with Crippen LogP contribution in [0.2, 0.25) is 0 Å². The number of imidazole rings is 1. The first-order valence-corrected chi connectivity index (χ1v) is 13.3. The second-order valence-corrected chi connectivity index (χ2v) is 9.78. The van der Waals surface area contributed by atoms with Gasteiger partial charge in [0.15, 0.2) is 0 Å². The summed E-state index contributed by atoms with van der Waals surface area (Å²) in [6, 6.07) is 36.3. The number of hydrogen-bond donors (Lipinski definition) is 1. The summed E-state index contributed by atoms with van der Waals surface area (Å²) in [6.45, 7) is 3.81. The second-order valence-electron chi connectivity index (χ2n) is 9.78. The Bertz CT molecular complexity index is 2060. The Morgan fingerprint density at radius 1 is 0.775 bits per heavy atom. The highest BCUT2D eigenvalue weighted by Crippen LogP contribution is 2.41. The molecule has 0 bridgehead atoms. The predicted molar refractivity (Wildman–Crippen MR) is 164 cm³/mol. The van der Waals surface area contributed by atoms with Gasteiger partial charge in [0, 0.05) is 27.6 Å². The molecule has 0 amide bonds. The number of hydrogen-bond acceptors (Lipinski definition) is 3. The summed E-state index contributed by atoms with van der Waals surface area (Å²) in [6.07, 6.45) is 6.65. The molecule has 2 heterocycles. The van der Waals surface area contributed by atoms with Gasteiger partial charge in [0.2, 0.25) is 0 Å². The van der Waals surface area contributed by atoms with E-state index >= 15 is 0 Å². The number of furan rings is 1. The molecule has 0 aliphatic carbocycles. The van der Waals surface area contributed by atoms with E-state index in [9.17, 15) is 5.11 Å². The van der Waals surface area contributed by atoms with Gasteiger partial charge in [-0.3, -0.25) is 4.57 Å². The molecule has 0 unspecified atom stereocenters. The van der Waals surface area contributed by atoms with Crippen molar-refractivity contribution in [2.24, 2.45) is 0 Å². The molecule has 4 heteroatoms. The molecule has 192 valence electrons. The van der Waals surface area contributed by atoms with Gasteiger partial charge >= 0.3 is 0 Å². The van der Waals surface area contributed by atoms with Crippen molar-refractivity contribution in [2.45, 2.75) is 6.42 Å². The van der Waals surface area contributed by atoms with Crippen molar-refractivity contribution in [1.82, 2.24) is 9.55 Å². The van der Waals surface area contributed by atoms with Crippen molar-refractivity contribution < 1.29 is 9.52 Å². The Morgan fingerprint density at radius 3 is 2.40 bits per heavy atom. The van der Waals surface area contributed by atoms with Gasteiger partial charge in [0.25, 0.3) is 0 Å². The molecule has 0 fully saturated rings. The van der Waals surface area contributed by atoms with Crippen LogP contribution in [0.3, 0.4) is 0 Å². The minimum Gasteiger partial charge on any atom is -0.507 e. The molecule has 0 atom stereocenters. The monoisotopic (exact) mass is 518 g/mol. The number of rotatable bonds is 6. The lowest BCUT2D eigenvalue weighted by Crippen LogP contribution is -1.97. The molecule has 0 saturated heterocycles. The molecule has 0 spiro atoms. The molecule has 1 N–H and O–H groups in total. The summed E-state index contributed by atoms with van der Waals surface area (Å²) in [5.41, 5.74) is 8.26. The molecule has 40 heavy (non-hydrogen) atoms. The largest absolute Gasteiger partial charge is 0.507 e. The zero-order valence-electron chi connectivity index (χ0n) is 21.8. The Labute approximate surface area is 231 Å². The summed E-state index contributed by atoms with van der Waals surface area (Å²) in [7, 11) is 0. The van der Waals surface area contributed by atoms with Gasteiger partial charge in [-0.1, -0.05) is 85.5 Å². The van der Waals surface area contributed by atoms with E-state index in [0.29, 0.717) is 11.4 Å². The van der Waals surface area contributed by atoms with Crippen molar-refractivity contribution in [3.63, 3.8) is 0 Å². The van der Waals surface area contributed by atoms with E-state index in [1.54, 1.807) is 12.1 Å². The molecule has 0 aliphatic rings. The Hall–Kier alpha value is -5.35. The Kier molecular flexibility index (Phi) is 5.79. The number of aromatic hydroxyl groups is 1. The number of phenols is 1. The van der Waals surface area contributed by atoms with Crippen LogP contribution in [0.25, 0.3) is 61.2 Å². The molecule has 7 aromatic rings. The standard InChI is InChI=1S/C36H26N2O2/c1-2-3-5-13-24-22-29-26-16-9-11-21-33(26)40-35(29)30(23-24)27-18-12-19-31-34(27)37-36(28-17-8-10-20-32(28)39)38(31)25-14-6-4-7-15-25/h2-12,14-23,39H,1,13H2/b5-3-. The maximum absolute atomic E-state index is 10.8. The Morgan fingerprint density at radius 2 is 1.55 bits per heavy atom. The van der Waals surface area contributed by atoms with Crippen molar-refractivity contribution in [3.05, 3.63) is 140 Å². The van der Waals surface area contributed by atoms with Gasteiger partial charge in [-0.25, -0.2) is 4.98 Å². The highest BCUT2D eigenvalue weighted by molar-refractivity contribution is 6.12. The minimum atomic E-state index is 0.187. The lowest BCUT2D eigenvalue weighted by atomic mass is 9.97. The third-order valence-corrected chi connectivity index (χ3v) is 7.30. The van der Waals surface area contributed by atoms with Gasteiger partial charge in [-0.2, -0.15) is 0 Å². The van der Waals surface area contributed by atoms with E-state index in [4.69, 9.17) is 9.40 Å². The third kappa shape index (κ3) is 3.89. The minimum absolute atomic E-state index is 0.187. The summed E-state index contributed by atoms with van der Waals surface area (Å²) in [4.78, 5) is 5.20. The lowest BCUT2D eigenvalue weighted by Gasteiger charge is -2.11. The molecular weight excluding hydrogens is 492 g/mol.